The van der Waals surface area contributed by atoms with Gasteiger partial charge in [-0.2, -0.15) is 0 Å². The fourth-order valence-corrected chi connectivity index (χ4v) is 2.06. The van der Waals surface area contributed by atoms with Crippen molar-refractivity contribution in [3.8, 4) is 11.4 Å². The van der Waals surface area contributed by atoms with Crippen molar-refractivity contribution < 1.29 is 0 Å². The van der Waals surface area contributed by atoms with Crippen LogP contribution in [0.15, 0.2) is 24.5 Å². The Kier molecular flexibility index (Phi) is 3.88. The zero-order valence-corrected chi connectivity index (χ0v) is 11.7. The maximum absolute atomic E-state index is 5.91. The Morgan fingerprint density at radius 1 is 1.24 bits per heavy atom. The van der Waals surface area contributed by atoms with E-state index in [0.717, 1.165) is 27.7 Å². The van der Waals surface area contributed by atoms with Gasteiger partial charge < -0.3 is 5.73 Å². The SMILES string of the molecule is CCCc1nc(-c2ccncc2)nc(N)c1I. The van der Waals surface area contributed by atoms with E-state index in [1.807, 2.05) is 12.1 Å². The van der Waals surface area contributed by atoms with E-state index in [1.165, 1.54) is 0 Å². The topological polar surface area (TPSA) is 64.7 Å². The van der Waals surface area contributed by atoms with Crippen LogP contribution in [0.2, 0.25) is 0 Å². The predicted octanol–water partition coefficient (Wildman–Crippen LogP) is 2.68. The molecule has 0 aliphatic rings. The molecule has 88 valence electrons. The summed E-state index contributed by atoms with van der Waals surface area (Å²) in [4.78, 5) is 12.9. The summed E-state index contributed by atoms with van der Waals surface area (Å²) in [5, 5.41) is 0. The largest absolute Gasteiger partial charge is 0.383 e. The smallest absolute Gasteiger partial charge is 0.161 e. The number of hydrogen-bond acceptors (Lipinski definition) is 4. The lowest BCUT2D eigenvalue weighted by Gasteiger charge is -2.08. The minimum atomic E-state index is 0.552. The fourth-order valence-electron chi connectivity index (χ4n) is 1.55. The number of pyridine rings is 1. The number of aryl methyl sites for hydroxylation is 1. The summed E-state index contributed by atoms with van der Waals surface area (Å²) in [5.74, 6) is 1.23. The van der Waals surface area contributed by atoms with Gasteiger partial charge in [-0.1, -0.05) is 13.3 Å². The summed E-state index contributed by atoms with van der Waals surface area (Å²) in [5.41, 5.74) is 7.88. The Morgan fingerprint density at radius 3 is 2.59 bits per heavy atom. The van der Waals surface area contributed by atoms with E-state index in [-0.39, 0.29) is 0 Å². The van der Waals surface area contributed by atoms with Crippen molar-refractivity contribution in [3.63, 3.8) is 0 Å². The molecule has 2 rings (SSSR count). The third kappa shape index (κ3) is 2.71. The van der Waals surface area contributed by atoms with Crippen molar-refractivity contribution >= 4 is 28.4 Å². The van der Waals surface area contributed by atoms with Gasteiger partial charge in [0.2, 0.25) is 0 Å². The van der Waals surface area contributed by atoms with E-state index >= 15 is 0 Å². The summed E-state index contributed by atoms with van der Waals surface area (Å²) < 4.78 is 0.960. The third-order valence-corrected chi connectivity index (χ3v) is 3.55. The Bertz CT molecular complexity index is 513. The van der Waals surface area contributed by atoms with Crippen molar-refractivity contribution in [2.45, 2.75) is 19.8 Å². The molecular weight excluding hydrogens is 327 g/mol. The number of halogens is 1. The van der Waals surface area contributed by atoms with Crippen LogP contribution >= 0.6 is 22.6 Å². The molecule has 5 heteroatoms. The molecule has 0 spiro atoms. The Balaban J connectivity index is 2.49. The molecule has 0 atom stereocenters. The monoisotopic (exact) mass is 340 g/mol. The molecule has 2 aromatic heterocycles. The molecule has 0 saturated carbocycles. The van der Waals surface area contributed by atoms with Gasteiger partial charge in [-0.25, -0.2) is 9.97 Å². The second kappa shape index (κ2) is 5.39. The lowest BCUT2D eigenvalue weighted by Crippen LogP contribution is -2.05. The van der Waals surface area contributed by atoms with Crippen LogP contribution in [-0.4, -0.2) is 15.0 Å². The van der Waals surface area contributed by atoms with Crippen molar-refractivity contribution in [1.29, 1.82) is 0 Å². The normalized spacial score (nSPS) is 10.5. The van der Waals surface area contributed by atoms with Crippen LogP contribution in [-0.2, 0) is 6.42 Å². The maximum Gasteiger partial charge on any atom is 0.161 e. The fraction of sp³-hybridized carbons (Fsp3) is 0.250. The highest BCUT2D eigenvalue weighted by atomic mass is 127. The predicted molar refractivity (Wildman–Crippen MR) is 76.4 cm³/mol. The number of hydrogen-bond donors (Lipinski definition) is 1. The number of nitrogen functional groups attached to an aromatic ring is 1. The van der Waals surface area contributed by atoms with E-state index in [1.54, 1.807) is 12.4 Å². The molecular formula is C12H13IN4. The number of nitrogens with two attached hydrogens (primary N) is 1. The van der Waals surface area contributed by atoms with Crippen molar-refractivity contribution in [1.82, 2.24) is 15.0 Å². The summed E-state index contributed by atoms with van der Waals surface area (Å²) in [6.45, 7) is 2.13. The second-order valence-electron chi connectivity index (χ2n) is 3.68. The number of aromatic nitrogens is 3. The maximum atomic E-state index is 5.91. The third-order valence-electron chi connectivity index (χ3n) is 2.37. The molecule has 0 unspecified atom stereocenters. The summed E-state index contributed by atoms with van der Waals surface area (Å²) in [6, 6.07) is 3.77. The van der Waals surface area contributed by atoms with Gasteiger partial charge in [-0.3, -0.25) is 4.98 Å². The molecule has 17 heavy (non-hydrogen) atoms. The quantitative estimate of drug-likeness (QED) is 0.873. The van der Waals surface area contributed by atoms with Crippen LogP contribution in [0.4, 0.5) is 5.82 Å². The van der Waals surface area contributed by atoms with Crippen LogP contribution in [0.1, 0.15) is 19.0 Å². The molecule has 2 heterocycles. The van der Waals surface area contributed by atoms with Gasteiger partial charge in [0.1, 0.15) is 5.82 Å². The van der Waals surface area contributed by atoms with Gasteiger partial charge >= 0.3 is 0 Å². The first-order chi connectivity index (χ1) is 8.22. The van der Waals surface area contributed by atoms with E-state index in [9.17, 15) is 0 Å². The number of nitrogens with zero attached hydrogens (tertiary/aromatic N) is 3. The number of rotatable bonds is 3. The average Bonchev–Trinajstić information content (AvgIpc) is 2.36. The van der Waals surface area contributed by atoms with Gasteiger partial charge in [0.25, 0.3) is 0 Å². The second-order valence-corrected chi connectivity index (χ2v) is 4.76. The summed E-state index contributed by atoms with van der Waals surface area (Å²) in [6.07, 6.45) is 5.42. The molecule has 4 nitrogen and oxygen atoms in total. The molecule has 0 aliphatic carbocycles. The molecule has 0 bridgehead atoms. The van der Waals surface area contributed by atoms with E-state index in [0.29, 0.717) is 11.6 Å². The number of anilines is 1. The molecule has 0 fully saturated rings. The minimum Gasteiger partial charge on any atom is -0.383 e. The first-order valence-corrected chi connectivity index (χ1v) is 6.52. The van der Waals surface area contributed by atoms with Gasteiger partial charge in [-0.05, 0) is 41.1 Å². The lowest BCUT2D eigenvalue weighted by molar-refractivity contribution is 0.869. The zero-order chi connectivity index (χ0) is 12.3. The standard InChI is InChI=1S/C12H13IN4/c1-2-3-9-10(13)11(14)17-12(16-9)8-4-6-15-7-5-8/h4-7H,2-3H2,1H3,(H2,14,16,17). The summed E-state index contributed by atoms with van der Waals surface area (Å²) in [7, 11) is 0. The highest BCUT2D eigenvalue weighted by Gasteiger charge is 2.10. The van der Waals surface area contributed by atoms with Crippen LogP contribution in [0.25, 0.3) is 11.4 Å². The van der Waals surface area contributed by atoms with E-state index < -0.39 is 0 Å². The van der Waals surface area contributed by atoms with Gasteiger partial charge in [0.05, 0.1) is 9.26 Å². The zero-order valence-electron chi connectivity index (χ0n) is 9.52. The first-order valence-electron chi connectivity index (χ1n) is 5.44. The summed E-state index contributed by atoms with van der Waals surface area (Å²) >= 11 is 2.20. The van der Waals surface area contributed by atoms with Crippen molar-refractivity contribution in [2.24, 2.45) is 0 Å². The highest BCUT2D eigenvalue weighted by molar-refractivity contribution is 14.1. The molecule has 0 radical (unpaired) electrons. The van der Waals surface area contributed by atoms with Crippen LogP contribution in [0, 0.1) is 3.57 Å². The molecule has 0 amide bonds. The molecule has 0 aromatic carbocycles. The van der Waals surface area contributed by atoms with Crippen molar-refractivity contribution in [3.05, 3.63) is 33.8 Å². The van der Waals surface area contributed by atoms with Crippen molar-refractivity contribution in [2.75, 3.05) is 5.73 Å². The lowest BCUT2D eigenvalue weighted by atomic mass is 10.2. The van der Waals surface area contributed by atoms with Gasteiger partial charge in [-0.15, -0.1) is 0 Å². The first kappa shape index (κ1) is 12.2. The van der Waals surface area contributed by atoms with Crippen LogP contribution in [0.3, 0.4) is 0 Å². The van der Waals surface area contributed by atoms with E-state index in [4.69, 9.17) is 5.73 Å². The molecule has 0 aliphatic heterocycles. The Morgan fingerprint density at radius 2 is 1.94 bits per heavy atom. The van der Waals surface area contributed by atoms with Gasteiger partial charge in [0, 0.05) is 18.0 Å². The Labute approximate surface area is 114 Å². The molecule has 2 aromatic rings. The molecule has 0 saturated heterocycles. The van der Waals surface area contributed by atoms with Crippen LogP contribution < -0.4 is 5.73 Å². The highest BCUT2D eigenvalue weighted by Crippen LogP contribution is 2.22. The van der Waals surface area contributed by atoms with Crippen LogP contribution in [0.5, 0.6) is 0 Å². The van der Waals surface area contributed by atoms with Gasteiger partial charge in [0.15, 0.2) is 5.82 Å². The molecule has 2 N–H and O–H groups in total. The average molecular weight is 340 g/mol. The minimum absolute atomic E-state index is 0.552. The van der Waals surface area contributed by atoms with E-state index in [2.05, 4.69) is 44.5 Å². The Hall–Kier alpha value is -1.24.